The molecule has 0 amide bonds. The number of benzene rings is 2. The molecule has 0 heterocycles. The Kier molecular flexibility index (Phi) is 1.22. The van der Waals surface area contributed by atoms with Crippen molar-refractivity contribution in [2.45, 2.75) is 0 Å². The lowest BCUT2D eigenvalue weighted by molar-refractivity contribution is 0.408. The van der Waals surface area contributed by atoms with E-state index in [9.17, 15) is 10.2 Å². The molecule has 0 spiro atoms. The maximum atomic E-state index is 9.66. The smallest absolute Gasteiger partial charge is 0.165 e. The topological polar surface area (TPSA) is 40.5 Å². The molecule has 0 unspecified atom stereocenters. The number of rotatable bonds is 0. The molecule has 0 radical (unpaired) electrons. The van der Waals surface area contributed by atoms with Crippen molar-refractivity contribution in [2.24, 2.45) is 0 Å². The summed E-state index contributed by atoms with van der Waals surface area (Å²) in [6, 6.07) is 7.26. The summed E-state index contributed by atoms with van der Waals surface area (Å²) in [5, 5.41) is 20.9. The van der Waals surface area contributed by atoms with Gasteiger partial charge in [-0.2, -0.15) is 0 Å². The Morgan fingerprint density at radius 1 is 0.929 bits per heavy atom. The van der Waals surface area contributed by atoms with Gasteiger partial charge in [0, 0.05) is 10.8 Å². The second-order valence-electron chi connectivity index (χ2n) is 3.44. The van der Waals surface area contributed by atoms with Crippen molar-refractivity contribution in [3.8, 4) is 11.5 Å². The Morgan fingerprint density at radius 2 is 1.71 bits per heavy atom. The van der Waals surface area contributed by atoms with Gasteiger partial charge in [0.2, 0.25) is 0 Å². The predicted octanol–water partition coefficient (Wildman–Crippen LogP) is 2.73. The van der Waals surface area contributed by atoms with Gasteiger partial charge in [-0.15, -0.1) is 0 Å². The van der Waals surface area contributed by atoms with Crippen LogP contribution in [0.2, 0.25) is 0 Å². The van der Waals surface area contributed by atoms with Gasteiger partial charge in [0.05, 0.1) is 0 Å². The summed E-state index contributed by atoms with van der Waals surface area (Å²) in [6.07, 6.45) is 3.92. The first-order valence-corrected chi connectivity index (χ1v) is 4.43. The quantitative estimate of drug-likeness (QED) is 0.527. The van der Waals surface area contributed by atoms with E-state index >= 15 is 0 Å². The minimum atomic E-state index is -0.0591. The molecule has 14 heavy (non-hydrogen) atoms. The van der Waals surface area contributed by atoms with Gasteiger partial charge in [-0.05, 0) is 17.2 Å². The number of hydrogen-bond donors (Lipinski definition) is 2. The van der Waals surface area contributed by atoms with Gasteiger partial charge in [-0.25, -0.2) is 0 Å². The van der Waals surface area contributed by atoms with E-state index in [-0.39, 0.29) is 11.5 Å². The van der Waals surface area contributed by atoms with E-state index in [0.29, 0.717) is 5.39 Å². The zero-order valence-corrected chi connectivity index (χ0v) is 7.36. The van der Waals surface area contributed by atoms with Crippen LogP contribution in [-0.2, 0) is 0 Å². The van der Waals surface area contributed by atoms with Crippen molar-refractivity contribution in [3.05, 3.63) is 35.4 Å². The standard InChI is InChI=1S/C12H8O2/c13-10-6-8-5-4-7-2-1-3-9(11(7)8)12(10)14/h1-6,13-14H. The SMILES string of the molecule is Oc1cc2c3c(cccc3c1O)C=C2. The maximum absolute atomic E-state index is 9.66. The molecule has 3 rings (SSSR count). The number of phenols is 2. The van der Waals surface area contributed by atoms with Gasteiger partial charge >= 0.3 is 0 Å². The van der Waals surface area contributed by atoms with Crippen molar-refractivity contribution >= 4 is 22.9 Å². The molecule has 2 N–H and O–H groups in total. The predicted molar refractivity (Wildman–Crippen MR) is 56.2 cm³/mol. The highest BCUT2D eigenvalue weighted by molar-refractivity contribution is 6.07. The van der Waals surface area contributed by atoms with Crippen molar-refractivity contribution in [1.82, 2.24) is 0 Å². The lowest BCUT2D eigenvalue weighted by Crippen LogP contribution is -1.80. The van der Waals surface area contributed by atoms with Crippen LogP contribution >= 0.6 is 0 Å². The van der Waals surface area contributed by atoms with Crippen LogP contribution in [0.5, 0.6) is 11.5 Å². The molecular weight excluding hydrogens is 176 g/mol. The summed E-state index contributed by atoms with van der Waals surface area (Å²) >= 11 is 0. The molecule has 0 saturated heterocycles. The van der Waals surface area contributed by atoms with Gasteiger partial charge < -0.3 is 10.2 Å². The molecule has 2 nitrogen and oxygen atoms in total. The second-order valence-corrected chi connectivity index (χ2v) is 3.44. The molecule has 0 aromatic heterocycles. The Bertz CT molecular complexity index is 568. The molecular formula is C12H8O2. The van der Waals surface area contributed by atoms with E-state index in [1.807, 2.05) is 30.4 Å². The van der Waals surface area contributed by atoms with E-state index in [1.54, 1.807) is 6.07 Å². The summed E-state index contributed by atoms with van der Waals surface area (Å²) in [7, 11) is 0. The summed E-state index contributed by atoms with van der Waals surface area (Å²) < 4.78 is 0. The largest absolute Gasteiger partial charge is 0.504 e. The highest BCUT2D eigenvalue weighted by atomic mass is 16.3. The highest BCUT2D eigenvalue weighted by Crippen LogP contribution is 2.41. The van der Waals surface area contributed by atoms with Crippen LogP contribution in [0.4, 0.5) is 0 Å². The van der Waals surface area contributed by atoms with Crippen LogP contribution in [0.15, 0.2) is 24.3 Å². The van der Waals surface area contributed by atoms with E-state index in [2.05, 4.69) is 0 Å². The monoisotopic (exact) mass is 184 g/mol. The molecule has 2 heteroatoms. The van der Waals surface area contributed by atoms with E-state index in [0.717, 1.165) is 16.5 Å². The molecule has 68 valence electrons. The summed E-state index contributed by atoms with van der Waals surface area (Å²) in [4.78, 5) is 0. The zero-order valence-electron chi connectivity index (χ0n) is 7.36. The highest BCUT2D eigenvalue weighted by Gasteiger charge is 2.14. The van der Waals surface area contributed by atoms with Gasteiger partial charge in [0.25, 0.3) is 0 Å². The van der Waals surface area contributed by atoms with Gasteiger partial charge in [0.15, 0.2) is 11.5 Å². The second kappa shape index (κ2) is 2.29. The lowest BCUT2D eigenvalue weighted by Gasteiger charge is -2.05. The molecule has 0 fully saturated rings. The first-order valence-electron chi connectivity index (χ1n) is 4.43. The van der Waals surface area contributed by atoms with Gasteiger partial charge in [0.1, 0.15) is 0 Å². The summed E-state index contributed by atoms with van der Waals surface area (Å²) in [5.41, 5.74) is 2.05. The number of aromatic hydroxyl groups is 2. The Morgan fingerprint density at radius 3 is 2.57 bits per heavy atom. The van der Waals surface area contributed by atoms with Gasteiger partial charge in [-0.3, -0.25) is 0 Å². The van der Waals surface area contributed by atoms with E-state index in [1.165, 1.54) is 0 Å². The summed E-state index contributed by atoms with van der Waals surface area (Å²) in [5.74, 6) is -0.0921. The molecule has 0 atom stereocenters. The van der Waals surface area contributed by atoms with Crippen molar-refractivity contribution in [1.29, 1.82) is 0 Å². The van der Waals surface area contributed by atoms with Crippen molar-refractivity contribution in [2.75, 3.05) is 0 Å². The van der Waals surface area contributed by atoms with Crippen LogP contribution in [0.3, 0.4) is 0 Å². The minimum Gasteiger partial charge on any atom is -0.504 e. The number of hydrogen-bond acceptors (Lipinski definition) is 2. The van der Waals surface area contributed by atoms with E-state index in [4.69, 9.17) is 0 Å². The van der Waals surface area contributed by atoms with Crippen molar-refractivity contribution < 1.29 is 10.2 Å². The minimum absolute atomic E-state index is 0.0331. The van der Waals surface area contributed by atoms with Crippen LogP contribution in [0.25, 0.3) is 22.9 Å². The summed E-state index contributed by atoms with van der Waals surface area (Å²) in [6.45, 7) is 0. The van der Waals surface area contributed by atoms with Crippen LogP contribution in [0.1, 0.15) is 11.1 Å². The first-order chi connectivity index (χ1) is 6.77. The third-order valence-electron chi connectivity index (χ3n) is 2.62. The van der Waals surface area contributed by atoms with Crippen LogP contribution in [0, 0.1) is 0 Å². The fourth-order valence-corrected chi connectivity index (χ4v) is 1.97. The van der Waals surface area contributed by atoms with Crippen LogP contribution < -0.4 is 0 Å². The molecule has 0 saturated carbocycles. The molecule has 0 bridgehead atoms. The fraction of sp³-hybridized carbons (Fsp3) is 0. The van der Waals surface area contributed by atoms with Crippen molar-refractivity contribution in [3.63, 3.8) is 0 Å². The van der Waals surface area contributed by atoms with E-state index < -0.39 is 0 Å². The Labute approximate surface area is 80.7 Å². The van der Waals surface area contributed by atoms with Crippen LogP contribution in [-0.4, -0.2) is 10.2 Å². The Hall–Kier alpha value is -1.96. The average Bonchev–Trinajstić information content (AvgIpc) is 2.59. The third-order valence-corrected chi connectivity index (χ3v) is 2.62. The molecule has 2 aromatic carbocycles. The molecule has 0 aliphatic heterocycles. The average molecular weight is 184 g/mol. The molecule has 1 aliphatic carbocycles. The lowest BCUT2D eigenvalue weighted by atomic mass is 10.0. The molecule has 2 aromatic rings. The zero-order chi connectivity index (χ0) is 9.71. The number of phenolic OH excluding ortho intramolecular Hbond substituents is 2. The maximum Gasteiger partial charge on any atom is 0.165 e. The molecule has 1 aliphatic rings. The normalized spacial score (nSPS) is 12.6. The Balaban J connectivity index is 2.62. The third kappa shape index (κ3) is 0.752. The fourth-order valence-electron chi connectivity index (χ4n) is 1.97. The first kappa shape index (κ1) is 7.44. The van der Waals surface area contributed by atoms with Gasteiger partial charge in [-0.1, -0.05) is 30.4 Å².